The summed E-state index contributed by atoms with van der Waals surface area (Å²) in [6, 6.07) is 0. The number of rotatable bonds is 10. The van der Waals surface area contributed by atoms with Crippen molar-refractivity contribution in [2.24, 2.45) is 0 Å². The highest BCUT2D eigenvalue weighted by Gasteiger charge is 2.05. The van der Waals surface area contributed by atoms with Gasteiger partial charge in [0.25, 0.3) is 0 Å². The molecule has 1 unspecified atom stereocenters. The van der Waals surface area contributed by atoms with Gasteiger partial charge in [-0.3, -0.25) is 0 Å². The number of hydrogen-bond acceptors (Lipinski definition) is 5. The van der Waals surface area contributed by atoms with E-state index in [1.807, 2.05) is 14.0 Å². The van der Waals surface area contributed by atoms with Gasteiger partial charge >= 0.3 is 0 Å². The molecule has 0 aromatic rings. The summed E-state index contributed by atoms with van der Waals surface area (Å²) in [6.07, 6.45) is 0.111. The molecule has 0 heterocycles. The van der Waals surface area contributed by atoms with Crippen LogP contribution in [0.15, 0.2) is 0 Å². The van der Waals surface area contributed by atoms with Crippen LogP contribution in [-0.2, 0) is 9.47 Å². The Morgan fingerprint density at radius 1 is 0.947 bits per heavy atom. The Bertz CT molecular complexity index is 137. The highest BCUT2D eigenvalue weighted by atomic mass is 16.5. The van der Waals surface area contributed by atoms with Gasteiger partial charge in [0.05, 0.1) is 39.1 Å². The molecule has 0 radical (unpaired) electrons. The van der Waals surface area contributed by atoms with Crippen LogP contribution < -0.4 is 0 Å². The van der Waals surface area contributed by atoms with Crippen molar-refractivity contribution in [2.75, 3.05) is 53.2 Å². The van der Waals surface area contributed by atoms with Gasteiger partial charge in [0.15, 0.2) is 0 Å². The summed E-state index contributed by atoms with van der Waals surface area (Å²) in [5.74, 6) is 0. The second kappa shape index (κ2) is 22.9. The van der Waals surface area contributed by atoms with Crippen molar-refractivity contribution in [1.29, 1.82) is 0 Å². The SMILES string of the molecule is C.C.C.C.CC(CN(C)CCOCCO)OCCO. The number of hydrogen-bond donors (Lipinski definition) is 2. The van der Waals surface area contributed by atoms with Gasteiger partial charge in [-0.25, -0.2) is 0 Å². The van der Waals surface area contributed by atoms with Gasteiger partial charge in [0.2, 0.25) is 0 Å². The largest absolute Gasteiger partial charge is 0.394 e. The first kappa shape index (κ1) is 31.3. The molecule has 0 aromatic heterocycles. The lowest BCUT2D eigenvalue weighted by atomic mass is 10.3. The molecule has 2 N–H and O–H groups in total. The first-order valence-electron chi connectivity index (χ1n) is 5.30. The number of likely N-dealkylation sites (N-methyl/N-ethyl adjacent to an activating group) is 1. The molecule has 0 aromatic carbocycles. The molecule has 0 aliphatic carbocycles. The maximum Gasteiger partial charge on any atom is 0.0701 e. The Morgan fingerprint density at radius 3 is 1.95 bits per heavy atom. The van der Waals surface area contributed by atoms with E-state index in [9.17, 15) is 0 Å². The van der Waals surface area contributed by atoms with Gasteiger partial charge in [-0.2, -0.15) is 0 Å². The zero-order valence-corrected chi connectivity index (χ0v) is 9.69. The summed E-state index contributed by atoms with van der Waals surface area (Å²) in [5, 5.41) is 17.1. The lowest BCUT2D eigenvalue weighted by molar-refractivity contribution is 0.0151. The molecule has 0 bridgehead atoms. The van der Waals surface area contributed by atoms with Crippen LogP contribution in [-0.4, -0.2) is 74.4 Å². The normalized spacial score (nSPS) is 10.6. The predicted molar refractivity (Wildman–Crippen MR) is 84.8 cm³/mol. The first-order chi connectivity index (χ1) is 7.20. The maximum absolute atomic E-state index is 8.57. The van der Waals surface area contributed by atoms with Crippen molar-refractivity contribution < 1.29 is 19.7 Å². The highest BCUT2D eigenvalue weighted by molar-refractivity contribution is 4.57. The summed E-state index contributed by atoms with van der Waals surface area (Å²) in [4.78, 5) is 2.10. The van der Waals surface area contributed by atoms with Crippen molar-refractivity contribution in [1.82, 2.24) is 4.90 Å². The van der Waals surface area contributed by atoms with Crippen LogP contribution in [0, 0.1) is 0 Å². The van der Waals surface area contributed by atoms with Crippen LogP contribution >= 0.6 is 0 Å². The van der Waals surface area contributed by atoms with Gasteiger partial charge in [-0.05, 0) is 14.0 Å². The van der Waals surface area contributed by atoms with Crippen molar-refractivity contribution >= 4 is 0 Å². The quantitative estimate of drug-likeness (QED) is 0.600. The van der Waals surface area contributed by atoms with Crippen LogP contribution in [0.3, 0.4) is 0 Å². The zero-order valence-electron chi connectivity index (χ0n) is 9.69. The summed E-state index contributed by atoms with van der Waals surface area (Å²) in [6.45, 7) is 5.12. The third-order valence-corrected chi connectivity index (χ3v) is 1.92. The number of aliphatic hydroxyl groups excluding tert-OH is 2. The predicted octanol–water partition coefficient (Wildman–Crippen LogP) is 1.87. The minimum Gasteiger partial charge on any atom is -0.394 e. The van der Waals surface area contributed by atoms with Gasteiger partial charge in [0.1, 0.15) is 0 Å². The van der Waals surface area contributed by atoms with Crippen LogP contribution in [0.2, 0.25) is 0 Å². The first-order valence-corrected chi connectivity index (χ1v) is 5.30. The summed E-state index contributed by atoms with van der Waals surface area (Å²) < 4.78 is 10.5. The second-order valence-electron chi connectivity index (χ2n) is 3.50. The summed E-state index contributed by atoms with van der Waals surface area (Å²) in [7, 11) is 1.99. The van der Waals surface area contributed by atoms with Crippen molar-refractivity contribution in [3.05, 3.63) is 0 Å². The van der Waals surface area contributed by atoms with Crippen LogP contribution in [0.1, 0.15) is 36.6 Å². The molecular weight excluding hydrogens is 246 g/mol. The molecule has 0 saturated carbocycles. The van der Waals surface area contributed by atoms with E-state index in [-0.39, 0.29) is 49.0 Å². The number of ether oxygens (including phenoxy) is 2. The molecule has 1 atom stereocenters. The Kier molecular flexibility index (Phi) is 37.8. The van der Waals surface area contributed by atoms with E-state index in [1.165, 1.54) is 0 Å². The zero-order chi connectivity index (χ0) is 11.5. The van der Waals surface area contributed by atoms with Gasteiger partial charge < -0.3 is 24.6 Å². The molecule has 5 nitrogen and oxygen atoms in total. The minimum atomic E-state index is 0. The van der Waals surface area contributed by atoms with Crippen LogP contribution in [0.5, 0.6) is 0 Å². The average Bonchev–Trinajstić information content (AvgIpc) is 2.21. The van der Waals surface area contributed by atoms with Crippen LogP contribution in [0.4, 0.5) is 0 Å². The van der Waals surface area contributed by atoms with Gasteiger partial charge in [-0.1, -0.05) is 29.7 Å². The number of aliphatic hydroxyl groups is 2. The Hall–Kier alpha value is -0.200. The molecule has 0 saturated heterocycles. The van der Waals surface area contributed by atoms with Crippen molar-refractivity contribution in [3.63, 3.8) is 0 Å². The molecule has 5 heteroatoms. The highest BCUT2D eigenvalue weighted by Crippen LogP contribution is 1.94. The monoisotopic (exact) mass is 285 g/mol. The molecule has 0 amide bonds. The lowest BCUT2D eigenvalue weighted by Crippen LogP contribution is -2.32. The number of nitrogens with zero attached hydrogens (tertiary/aromatic N) is 1. The van der Waals surface area contributed by atoms with E-state index >= 15 is 0 Å². The molecule has 124 valence electrons. The maximum atomic E-state index is 8.57. The molecular formula is C14H39NO4. The Balaban J connectivity index is -0.000000163. The Labute approximate surface area is 121 Å². The minimum absolute atomic E-state index is 0. The van der Waals surface area contributed by atoms with Crippen molar-refractivity contribution in [3.8, 4) is 0 Å². The molecule has 0 aliphatic rings. The summed E-state index contributed by atoms with van der Waals surface area (Å²) >= 11 is 0. The van der Waals surface area contributed by atoms with Crippen LogP contribution in [0.25, 0.3) is 0 Å². The topological polar surface area (TPSA) is 62.2 Å². The Morgan fingerprint density at radius 2 is 1.47 bits per heavy atom. The van der Waals surface area contributed by atoms with Crippen molar-refractivity contribution in [2.45, 2.75) is 42.7 Å². The van der Waals surface area contributed by atoms with Gasteiger partial charge in [-0.15, -0.1) is 0 Å². The van der Waals surface area contributed by atoms with E-state index in [2.05, 4.69) is 4.90 Å². The molecule has 0 spiro atoms. The second-order valence-corrected chi connectivity index (χ2v) is 3.50. The molecule has 0 rings (SSSR count). The van der Waals surface area contributed by atoms with E-state index in [1.54, 1.807) is 0 Å². The lowest BCUT2D eigenvalue weighted by Gasteiger charge is -2.21. The molecule has 0 fully saturated rings. The third-order valence-electron chi connectivity index (χ3n) is 1.92. The standard InChI is InChI=1S/C10H23NO4.4CH4/c1-10(15-8-5-13)9-11(2)3-6-14-7-4-12;;;;/h10,12-13H,3-9H2,1-2H3;4*1H4. The fourth-order valence-electron chi connectivity index (χ4n) is 1.22. The van der Waals surface area contributed by atoms with E-state index in [0.717, 1.165) is 13.1 Å². The fourth-order valence-corrected chi connectivity index (χ4v) is 1.22. The summed E-state index contributed by atoms with van der Waals surface area (Å²) in [5.41, 5.74) is 0. The average molecular weight is 285 g/mol. The molecule has 19 heavy (non-hydrogen) atoms. The fraction of sp³-hybridized carbons (Fsp3) is 1.00. The third kappa shape index (κ3) is 23.3. The smallest absolute Gasteiger partial charge is 0.0701 e. The van der Waals surface area contributed by atoms with E-state index in [4.69, 9.17) is 19.7 Å². The molecule has 0 aliphatic heterocycles. The van der Waals surface area contributed by atoms with Gasteiger partial charge in [0, 0.05) is 13.1 Å². The van der Waals surface area contributed by atoms with E-state index in [0.29, 0.717) is 19.8 Å². The van der Waals surface area contributed by atoms with E-state index < -0.39 is 0 Å².